The normalized spacial score (nSPS) is 20.2. The lowest BCUT2D eigenvalue weighted by Crippen LogP contribution is -2.41. The first-order chi connectivity index (χ1) is 11.6. The number of nitrogens with zero attached hydrogens (tertiary/aromatic N) is 6. The molecule has 2 rings (SSSR count). The molecule has 0 unspecified atom stereocenters. The molecular weight excluding hydrogens is 326 g/mol. The van der Waals surface area contributed by atoms with E-state index in [0.29, 0.717) is 12.0 Å². The fraction of sp³-hybridized carbons (Fsp3) is 0.667. The number of nitrogen functional groups attached to an aromatic ring is 1. The van der Waals surface area contributed by atoms with Crippen molar-refractivity contribution in [2.75, 3.05) is 18.8 Å². The molecule has 1 aromatic heterocycles. The van der Waals surface area contributed by atoms with Crippen LogP contribution in [0.4, 0.5) is 10.6 Å². The van der Waals surface area contributed by atoms with E-state index in [4.69, 9.17) is 16.0 Å². The van der Waals surface area contributed by atoms with Gasteiger partial charge in [-0.05, 0) is 39.6 Å². The van der Waals surface area contributed by atoms with Crippen LogP contribution in [0.5, 0.6) is 0 Å². The monoisotopic (exact) mass is 349 g/mol. The number of rotatable bonds is 3. The number of carbonyl (C=O) groups is 1. The lowest BCUT2D eigenvalue weighted by atomic mass is 10.1. The van der Waals surface area contributed by atoms with Crippen molar-refractivity contribution >= 4 is 11.9 Å². The maximum atomic E-state index is 12.5. The molecule has 2 N–H and O–H groups in total. The van der Waals surface area contributed by atoms with Crippen LogP contribution in [-0.2, 0) is 4.74 Å². The molecular formula is C15H23N7O3. The number of likely N-dealkylation sites (tertiary alicyclic amines) is 1. The van der Waals surface area contributed by atoms with Crippen LogP contribution in [0.3, 0.4) is 0 Å². The third-order valence-corrected chi connectivity index (χ3v) is 3.94. The second-order valence-corrected chi connectivity index (χ2v) is 7.09. The highest BCUT2D eigenvalue weighted by Gasteiger charge is 2.38. The number of hydrogen-bond donors (Lipinski definition) is 1. The van der Waals surface area contributed by atoms with Gasteiger partial charge in [-0.25, -0.2) is 9.59 Å². The van der Waals surface area contributed by atoms with Gasteiger partial charge < -0.3 is 15.4 Å². The number of hydrogen-bond acceptors (Lipinski definition) is 6. The predicted octanol–water partition coefficient (Wildman–Crippen LogP) is 1.99. The Balaban J connectivity index is 2.29. The fourth-order valence-electron chi connectivity index (χ4n) is 2.78. The second-order valence-electron chi connectivity index (χ2n) is 7.09. The minimum Gasteiger partial charge on any atom is -0.444 e. The van der Waals surface area contributed by atoms with Crippen LogP contribution in [-0.4, -0.2) is 45.3 Å². The van der Waals surface area contributed by atoms with Gasteiger partial charge in [-0.1, -0.05) is 5.11 Å². The molecule has 25 heavy (non-hydrogen) atoms. The molecule has 10 heteroatoms. The Hall–Kier alpha value is -2.74. The van der Waals surface area contributed by atoms with Gasteiger partial charge in [-0.3, -0.25) is 4.57 Å². The summed E-state index contributed by atoms with van der Waals surface area (Å²) in [5, 5.41) is 3.57. The van der Waals surface area contributed by atoms with E-state index in [0.717, 1.165) is 0 Å². The van der Waals surface area contributed by atoms with Crippen molar-refractivity contribution in [3.63, 3.8) is 0 Å². The molecule has 0 saturated carbocycles. The van der Waals surface area contributed by atoms with Crippen molar-refractivity contribution in [2.24, 2.45) is 5.11 Å². The number of ether oxygens (including phenoxy) is 1. The molecule has 0 aromatic carbocycles. The van der Waals surface area contributed by atoms with Gasteiger partial charge in [0.25, 0.3) is 0 Å². The fourth-order valence-corrected chi connectivity index (χ4v) is 2.78. The van der Waals surface area contributed by atoms with E-state index >= 15 is 0 Å². The number of azide groups is 1. The Morgan fingerprint density at radius 2 is 2.24 bits per heavy atom. The Morgan fingerprint density at radius 1 is 1.56 bits per heavy atom. The van der Waals surface area contributed by atoms with Crippen molar-refractivity contribution in [1.82, 2.24) is 14.5 Å². The van der Waals surface area contributed by atoms with Crippen LogP contribution in [0.2, 0.25) is 0 Å². The highest BCUT2D eigenvalue weighted by atomic mass is 16.6. The van der Waals surface area contributed by atoms with Crippen LogP contribution in [0.1, 0.15) is 38.8 Å². The Labute approximate surface area is 145 Å². The van der Waals surface area contributed by atoms with Crippen LogP contribution in [0, 0.1) is 6.92 Å². The minimum atomic E-state index is -0.644. The van der Waals surface area contributed by atoms with Crippen LogP contribution < -0.4 is 11.4 Å². The zero-order valence-corrected chi connectivity index (χ0v) is 14.8. The van der Waals surface area contributed by atoms with Gasteiger partial charge in [0, 0.05) is 35.8 Å². The highest BCUT2D eigenvalue weighted by molar-refractivity contribution is 5.69. The van der Waals surface area contributed by atoms with E-state index in [9.17, 15) is 9.59 Å². The van der Waals surface area contributed by atoms with Gasteiger partial charge in [0.15, 0.2) is 0 Å². The second kappa shape index (κ2) is 7.02. The maximum Gasteiger partial charge on any atom is 0.410 e. The zero-order chi connectivity index (χ0) is 18.8. The lowest BCUT2D eigenvalue weighted by Gasteiger charge is -2.27. The summed E-state index contributed by atoms with van der Waals surface area (Å²) in [5.41, 5.74) is 13.8. The Morgan fingerprint density at radius 3 is 2.84 bits per heavy atom. The van der Waals surface area contributed by atoms with Gasteiger partial charge in [-0.15, -0.1) is 0 Å². The molecule has 1 fully saturated rings. The maximum absolute atomic E-state index is 12.5. The molecule has 0 aliphatic carbocycles. The van der Waals surface area contributed by atoms with Crippen molar-refractivity contribution in [1.29, 1.82) is 0 Å². The summed E-state index contributed by atoms with van der Waals surface area (Å²) in [6.45, 7) is 7.47. The number of aryl methyl sites for hydroxylation is 1. The van der Waals surface area contributed by atoms with E-state index in [1.54, 1.807) is 33.9 Å². The number of amides is 1. The topological polar surface area (TPSA) is 139 Å². The number of nitrogens with two attached hydrogens (primary N) is 1. The van der Waals surface area contributed by atoms with Gasteiger partial charge in [0.2, 0.25) is 0 Å². The SMILES string of the molecule is Cc1cn([C@H]2C[C@H](CN=[N+]=[N-])N(C(=O)OC(C)(C)C)C2)c(=O)nc1N. The average molecular weight is 349 g/mol. The van der Waals surface area contributed by atoms with Gasteiger partial charge in [0.05, 0.1) is 6.04 Å². The van der Waals surface area contributed by atoms with E-state index in [2.05, 4.69) is 15.0 Å². The molecule has 1 aliphatic heterocycles. The molecule has 1 aliphatic rings. The van der Waals surface area contributed by atoms with Gasteiger partial charge >= 0.3 is 11.8 Å². The number of carbonyl (C=O) groups excluding carboxylic acids is 1. The molecule has 2 heterocycles. The van der Waals surface area contributed by atoms with E-state index < -0.39 is 17.4 Å². The molecule has 0 radical (unpaired) electrons. The highest BCUT2D eigenvalue weighted by Crippen LogP contribution is 2.28. The van der Waals surface area contributed by atoms with Gasteiger partial charge in [0.1, 0.15) is 11.4 Å². The first kappa shape index (κ1) is 18.6. The van der Waals surface area contributed by atoms with Crippen molar-refractivity contribution in [2.45, 2.75) is 51.8 Å². The van der Waals surface area contributed by atoms with Crippen molar-refractivity contribution in [3.8, 4) is 0 Å². The summed E-state index contributed by atoms with van der Waals surface area (Å²) in [6, 6.07) is -0.633. The summed E-state index contributed by atoms with van der Waals surface area (Å²) in [4.78, 5) is 32.7. The molecule has 1 saturated heterocycles. The van der Waals surface area contributed by atoms with Crippen LogP contribution in [0.15, 0.2) is 16.1 Å². The van der Waals surface area contributed by atoms with E-state index in [1.807, 2.05) is 0 Å². The van der Waals surface area contributed by atoms with E-state index in [1.165, 1.54) is 9.47 Å². The van der Waals surface area contributed by atoms with Crippen LogP contribution >= 0.6 is 0 Å². The molecule has 10 nitrogen and oxygen atoms in total. The van der Waals surface area contributed by atoms with Gasteiger partial charge in [-0.2, -0.15) is 4.98 Å². The molecule has 1 aromatic rings. The molecule has 0 bridgehead atoms. The smallest absolute Gasteiger partial charge is 0.410 e. The lowest BCUT2D eigenvalue weighted by molar-refractivity contribution is 0.0227. The standard InChI is InChI=1S/C15H23N7O3/c1-9-7-21(13(23)19-12(9)16)11-5-10(6-18-20-17)22(8-11)14(24)25-15(2,3)4/h7,10-11H,5-6,8H2,1-4H3,(H2,16,19,23)/t10-,11+/m1/s1. The minimum absolute atomic E-state index is 0.113. The number of aromatic nitrogens is 2. The third kappa shape index (κ3) is 4.42. The molecule has 2 atom stereocenters. The largest absolute Gasteiger partial charge is 0.444 e. The summed E-state index contributed by atoms with van der Waals surface area (Å²) in [7, 11) is 0. The zero-order valence-electron chi connectivity index (χ0n) is 14.8. The number of anilines is 1. The third-order valence-electron chi connectivity index (χ3n) is 3.94. The van der Waals surface area contributed by atoms with E-state index in [-0.39, 0.29) is 31.0 Å². The summed E-state index contributed by atoms with van der Waals surface area (Å²) in [6.07, 6.45) is 1.60. The van der Waals surface area contributed by atoms with Crippen LogP contribution in [0.25, 0.3) is 10.4 Å². The predicted molar refractivity (Wildman–Crippen MR) is 92.0 cm³/mol. The molecule has 1 amide bonds. The Bertz CT molecular complexity index is 761. The first-order valence-corrected chi connectivity index (χ1v) is 7.98. The average Bonchev–Trinajstić information content (AvgIpc) is 2.91. The Kier molecular flexibility index (Phi) is 5.22. The summed E-state index contributed by atoms with van der Waals surface area (Å²) in [5.74, 6) is 0.189. The molecule has 0 spiro atoms. The first-order valence-electron chi connectivity index (χ1n) is 7.98. The molecule has 136 valence electrons. The van der Waals surface area contributed by atoms with Crippen molar-refractivity contribution < 1.29 is 9.53 Å². The summed E-state index contributed by atoms with van der Waals surface area (Å²) >= 11 is 0. The summed E-state index contributed by atoms with van der Waals surface area (Å²) < 4.78 is 6.89. The quantitative estimate of drug-likeness (QED) is 0.505. The van der Waals surface area contributed by atoms with Crippen molar-refractivity contribution in [3.05, 3.63) is 32.7 Å².